The van der Waals surface area contributed by atoms with Crippen LogP contribution in [0.15, 0.2) is 18.2 Å². The van der Waals surface area contributed by atoms with E-state index in [9.17, 15) is 9.59 Å². The molecule has 19 heavy (non-hydrogen) atoms. The number of carbonyl (C=O) groups excluding carboxylic acids is 2. The highest BCUT2D eigenvalue weighted by atomic mass is 35.5. The summed E-state index contributed by atoms with van der Waals surface area (Å²) >= 11 is 5.93. The number of carbonyl (C=O) groups is 2. The highest BCUT2D eigenvalue weighted by Gasteiger charge is 2.26. The Bertz CT molecular complexity index is 519. The first-order valence-electron chi connectivity index (χ1n) is 6.03. The summed E-state index contributed by atoms with van der Waals surface area (Å²) in [6, 6.07) is 5.10. The Balaban J connectivity index is 2.24. The lowest BCUT2D eigenvalue weighted by Crippen LogP contribution is -2.50. The number of rotatable bonds is 2. The van der Waals surface area contributed by atoms with Gasteiger partial charge in [0.1, 0.15) is 6.54 Å². The van der Waals surface area contributed by atoms with Crippen molar-refractivity contribution in [2.75, 3.05) is 39.0 Å². The van der Waals surface area contributed by atoms with Crippen molar-refractivity contribution in [3.05, 3.63) is 28.8 Å². The van der Waals surface area contributed by atoms with Crippen LogP contribution in [0, 0.1) is 0 Å². The molecule has 1 heterocycles. The minimum atomic E-state index is -0.173. The summed E-state index contributed by atoms with van der Waals surface area (Å²) in [5.74, 6) is -0.221. The van der Waals surface area contributed by atoms with Crippen molar-refractivity contribution in [1.29, 1.82) is 0 Å². The summed E-state index contributed by atoms with van der Waals surface area (Å²) in [5.41, 5.74) is 1.20. The van der Waals surface area contributed by atoms with Crippen LogP contribution in [0.25, 0.3) is 0 Å². The summed E-state index contributed by atoms with van der Waals surface area (Å²) < 4.78 is 0. The molecule has 0 aromatic heterocycles. The largest absolute Gasteiger partial charge is 0.387 e. The number of nitrogens with zero attached hydrogens (tertiary/aromatic N) is 2. The Kier molecular flexibility index (Phi) is 3.95. The summed E-state index contributed by atoms with van der Waals surface area (Å²) in [4.78, 5) is 27.3. The van der Waals surface area contributed by atoms with Crippen LogP contribution in [-0.4, -0.2) is 55.3 Å². The van der Waals surface area contributed by atoms with E-state index in [1.165, 1.54) is 0 Å². The zero-order valence-corrected chi connectivity index (χ0v) is 11.7. The van der Waals surface area contributed by atoms with Crippen molar-refractivity contribution in [1.82, 2.24) is 9.80 Å². The van der Waals surface area contributed by atoms with Crippen molar-refractivity contribution in [3.63, 3.8) is 0 Å². The molecule has 1 aromatic rings. The maximum atomic E-state index is 12.4. The van der Waals surface area contributed by atoms with Gasteiger partial charge in [0.15, 0.2) is 0 Å². The summed E-state index contributed by atoms with van der Waals surface area (Å²) in [6.07, 6.45) is 0. The van der Waals surface area contributed by atoms with E-state index >= 15 is 0 Å². The monoisotopic (exact) mass is 281 g/mol. The van der Waals surface area contributed by atoms with Crippen LogP contribution in [0.4, 0.5) is 5.69 Å². The zero-order chi connectivity index (χ0) is 14.0. The Labute approximate surface area is 117 Å². The first kappa shape index (κ1) is 13.7. The lowest BCUT2D eigenvalue weighted by molar-refractivity contribution is -0.133. The molecular weight excluding hydrogens is 266 g/mol. The van der Waals surface area contributed by atoms with Crippen molar-refractivity contribution in [2.45, 2.75) is 0 Å². The van der Waals surface area contributed by atoms with E-state index in [1.54, 1.807) is 42.1 Å². The molecule has 0 aliphatic carbocycles. The van der Waals surface area contributed by atoms with Gasteiger partial charge in [-0.2, -0.15) is 0 Å². The van der Waals surface area contributed by atoms with Crippen molar-refractivity contribution in [2.24, 2.45) is 0 Å². The molecule has 0 bridgehead atoms. The van der Waals surface area contributed by atoms with Gasteiger partial charge in [0, 0.05) is 37.9 Å². The number of benzene rings is 1. The second kappa shape index (κ2) is 5.48. The van der Waals surface area contributed by atoms with Crippen LogP contribution in [0.1, 0.15) is 10.4 Å². The third kappa shape index (κ3) is 2.81. The molecule has 5 nitrogen and oxygen atoms in total. The highest BCUT2D eigenvalue weighted by Crippen LogP contribution is 2.22. The number of piperazine rings is 1. The number of likely N-dealkylation sites (N-methyl/N-ethyl adjacent to an activating group) is 1. The quantitative estimate of drug-likeness (QED) is 0.889. The first-order chi connectivity index (χ1) is 9.02. The molecule has 0 atom stereocenters. The minimum absolute atomic E-state index is 0.0485. The van der Waals surface area contributed by atoms with Crippen LogP contribution in [0.5, 0.6) is 0 Å². The zero-order valence-electron chi connectivity index (χ0n) is 10.9. The van der Waals surface area contributed by atoms with E-state index in [0.717, 1.165) is 0 Å². The van der Waals surface area contributed by atoms with E-state index in [2.05, 4.69) is 5.32 Å². The Morgan fingerprint density at radius 2 is 2.11 bits per heavy atom. The van der Waals surface area contributed by atoms with Crippen LogP contribution < -0.4 is 5.32 Å². The van der Waals surface area contributed by atoms with Gasteiger partial charge in [-0.3, -0.25) is 9.59 Å². The fourth-order valence-electron chi connectivity index (χ4n) is 2.01. The second-order valence-electron chi connectivity index (χ2n) is 4.48. The lowest BCUT2D eigenvalue weighted by Gasteiger charge is -2.32. The van der Waals surface area contributed by atoms with Gasteiger partial charge in [0.2, 0.25) is 5.91 Å². The van der Waals surface area contributed by atoms with Gasteiger partial charge >= 0.3 is 0 Å². The minimum Gasteiger partial charge on any atom is -0.387 e. The number of anilines is 1. The molecule has 102 valence electrons. The molecule has 1 aromatic carbocycles. The van der Waals surface area contributed by atoms with Gasteiger partial charge in [-0.05, 0) is 18.2 Å². The SMILES string of the molecule is CNc1ccc(Cl)cc1C(=O)N1CCN(C)C(=O)C1. The molecular formula is C13H16ClN3O2. The molecule has 6 heteroatoms. The Morgan fingerprint density at radius 1 is 1.37 bits per heavy atom. The summed E-state index contributed by atoms with van der Waals surface area (Å²) in [5, 5.41) is 3.46. The topological polar surface area (TPSA) is 52.7 Å². The maximum Gasteiger partial charge on any atom is 0.256 e. The predicted molar refractivity (Wildman–Crippen MR) is 74.5 cm³/mol. The van der Waals surface area contributed by atoms with E-state index < -0.39 is 0 Å². The van der Waals surface area contributed by atoms with E-state index in [-0.39, 0.29) is 18.4 Å². The van der Waals surface area contributed by atoms with Gasteiger partial charge in [-0.1, -0.05) is 11.6 Å². The fourth-order valence-corrected chi connectivity index (χ4v) is 2.19. The third-order valence-electron chi connectivity index (χ3n) is 3.23. The number of amides is 2. The lowest BCUT2D eigenvalue weighted by atomic mass is 10.1. The normalized spacial score (nSPS) is 15.6. The van der Waals surface area contributed by atoms with Gasteiger partial charge in [0.05, 0.1) is 5.56 Å². The molecule has 1 fully saturated rings. The number of hydrogen-bond acceptors (Lipinski definition) is 3. The maximum absolute atomic E-state index is 12.4. The second-order valence-corrected chi connectivity index (χ2v) is 4.92. The van der Waals surface area contributed by atoms with Crippen LogP contribution in [0.3, 0.4) is 0 Å². The summed E-state index contributed by atoms with van der Waals surface area (Å²) in [6.45, 7) is 1.21. The summed E-state index contributed by atoms with van der Waals surface area (Å²) in [7, 11) is 3.48. The van der Waals surface area contributed by atoms with Gasteiger partial charge in [-0.25, -0.2) is 0 Å². The molecule has 1 saturated heterocycles. The number of nitrogens with one attached hydrogen (secondary N) is 1. The molecule has 0 radical (unpaired) electrons. The van der Waals surface area contributed by atoms with Crippen molar-refractivity contribution < 1.29 is 9.59 Å². The fraction of sp³-hybridized carbons (Fsp3) is 0.385. The van der Waals surface area contributed by atoms with E-state index in [0.29, 0.717) is 29.4 Å². The van der Waals surface area contributed by atoms with Crippen LogP contribution in [-0.2, 0) is 4.79 Å². The number of hydrogen-bond donors (Lipinski definition) is 1. The standard InChI is InChI=1S/C13H16ClN3O2/c1-15-11-4-3-9(14)7-10(11)13(19)17-6-5-16(2)12(18)8-17/h3-4,7,15H,5-6,8H2,1-2H3. The predicted octanol–water partition coefficient (Wildman–Crippen LogP) is 1.30. The third-order valence-corrected chi connectivity index (χ3v) is 3.46. The molecule has 0 unspecified atom stereocenters. The smallest absolute Gasteiger partial charge is 0.256 e. The Hall–Kier alpha value is -1.75. The number of halogens is 1. The Morgan fingerprint density at radius 3 is 2.74 bits per heavy atom. The molecule has 1 aliphatic heterocycles. The molecule has 2 amide bonds. The van der Waals surface area contributed by atoms with Crippen LogP contribution >= 0.6 is 11.6 Å². The van der Waals surface area contributed by atoms with Crippen molar-refractivity contribution >= 4 is 29.1 Å². The highest BCUT2D eigenvalue weighted by molar-refractivity contribution is 6.31. The van der Waals surface area contributed by atoms with Gasteiger partial charge in [0.25, 0.3) is 5.91 Å². The average Bonchev–Trinajstić information content (AvgIpc) is 2.41. The van der Waals surface area contributed by atoms with Gasteiger partial charge in [-0.15, -0.1) is 0 Å². The van der Waals surface area contributed by atoms with Gasteiger partial charge < -0.3 is 15.1 Å². The van der Waals surface area contributed by atoms with Crippen LogP contribution in [0.2, 0.25) is 5.02 Å². The van der Waals surface area contributed by atoms with E-state index in [1.807, 2.05) is 0 Å². The molecule has 2 rings (SSSR count). The average molecular weight is 282 g/mol. The van der Waals surface area contributed by atoms with Crippen molar-refractivity contribution in [3.8, 4) is 0 Å². The molecule has 1 N–H and O–H groups in total. The van der Waals surface area contributed by atoms with E-state index in [4.69, 9.17) is 11.6 Å². The first-order valence-corrected chi connectivity index (χ1v) is 6.41. The molecule has 0 saturated carbocycles. The molecule has 0 spiro atoms. The molecule has 1 aliphatic rings.